The largest absolute Gasteiger partial charge is 0.493 e. The zero-order valence-electron chi connectivity index (χ0n) is 21.3. The minimum Gasteiger partial charge on any atom is -0.493 e. The highest BCUT2D eigenvalue weighted by molar-refractivity contribution is 6.31. The number of fused-ring (bicyclic) bond motifs is 1. The second kappa shape index (κ2) is 11.2. The lowest BCUT2D eigenvalue weighted by Gasteiger charge is -2.28. The van der Waals surface area contributed by atoms with Gasteiger partial charge in [0.1, 0.15) is 12.3 Å². The van der Waals surface area contributed by atoms with Crippen molar-refractivity contribution in [3.63, 3.8) is 0 Å². The van der Waals surface area contributed by atoms with Crippen molar-refractivity contribution in [2.24, 2.45) is 0 Å². The van der Waals surface area contributed by atoms with Gasteiger partial charge in [-0.2, -0.15) is 0 Å². The van der Waals surface area contributed by atoms with E-state index in [-0.39, 0.29) is 34.9 Å². The van der Waals surface area contributed by atoms with Crippen LogP contribution >= 0.6 is 11.6 Å². The number of amides is 2. The van der Waals surface area contributed by atoms with Gasteiger partial charge in [0.15, 0.2) is 33.5 Å². The van der Waals surface area contributed by atoms with Crippen molar-refractivity contribution in [3.05, 3.63) is 34.4 Å². The number of nitrogens with zero attached hydrogens (tertiary/aromatic N) is 5. The molecule has 0 aliphatic carbocycles. The molecule has 0 spiro atoms. The number of nitrogens with two attached hydrogens (primary N) is 2. The van der Waals surface area contributed by atoms with E-state index in [1.807, 2.05) is 37.8 Å². The van der Waals surface area contributed by atoms with Crippen LogP contribution in [0.4, 0.5) is 11.6 Å². The summed E-state index contributed by atoms with van der Waals surface area (Å²) in [6.45, 7) is 10.6. The van der Waals surface area contributed by atoms with Crippen LogP contribution in [0.2, 0.25) is 5.15 Å². The number of aromatic nitrogens is 4. The van der Waals surface area contributed by atoms with E-state index in [2.05, 4.69) is 29.7 Å². The molecule has 2 amide bonds. The van der Waals surface area contributed by atoms with Gasteiger partial charge in [0, 0.05) is 38.3 Å². The molecular formula is C24H33ClN9O3+. The van der Waals surface area contributed by atoms with Gasteiger partial charge in [0.05, 0.1) is 25.3 Å². The van der Waals surface area contributed by atoms with Crippen LogP contribution in [0.25, 0.3) is 11.0 Å². The zero-order valence-corrected chi connectivity index (χ0v) is 22.1. The van der Waals surface area contributed by atoms with E-state index in [0.29, 0.717) is 44.1 Å². The minimum absolute atomic E-state index is 0.0399. The highest BCUT2D eigenvalue weighted by atomic mass is 35.5. The molecule has 198 valence electrons. The van der Waals surface area contributed by atoms with Crippen molar-refractivity contribution in [3.8, 4) is 5.75 Å². The van der Waals surface area contributed by atoms with Gasteiger partial charge in [-0.1, -0.05) is 11.6 Å². The van der Waals surface area contributed by atoms with Gasteiger partial charge >= 0.3 is 0 Å². The first kappa shape index (κ1) is 26.4. The number of aryl methyl sites for hydroxylation is 2. The van der Waals surface area contributed by atoms with E-state index in [9.17, 15) is 9.59 Å². The second-order valence-electron chi connectivity index (χ2n) is 8.53. The van der Waals surface area contributed by atoms with Crippen molar-refractivity contribution in [1.29, 1.82) is 0 Å². The number of nitrogens with one attached hydrogen (secondary N) is 2. The number of imidazole rings is 1. The number of halogens is 1. The number of ether oxygens (including phenoxy) is 1. The predicted molar refractivity (Wildman–Crippen MR) is 140 cm³/mol. The van der Waals surface area contributed by atoms with Gasteiger partial charge in [-0.3, -0.25) is 9.59 Å². The van der Waals surface area contributed by atoms with E-state index in [4.69, 9.17) is 27.8 Å². The zero-order chi connectivity index (χ0) is 26.7. The Morgan fingerprint density at radius 2 is 1.89 bits per heavy atom. The number of piperazine rings is 1. The van der Waals surface area contributed by atoms with Gasteiger partial charge < -0.3 is 31.7 Å². The van der Waals surface area contributed by atoms with Crippen molar-refractivity contribution < 1.29 is 18.9 Å². The highest BCUT2D eigenvalue weighted by Crippen LogP contribution is 2.28. The normalized spacial score (nSPS) is 13.7. The second-order valence-corrected chi connectivity index (χ2v) is 8.89. The standard InChI is InChI=1S/C24H32ClN9O3/c1-4-33-15-11-14(24(36)32-9-7-28-8-10-32)17(37-6-3)12-16(15)34(5-2)18(33)13-29-23(35)19-21(26)31-22(27)20(25)30-19/h11-12,28H,4-10,13H2,1-3H3,(H4-,26,27,29,31,35)/p+1. The molecule has 1 saturated heterocycles. The van der Waals surface area contributed by atoms with Gasteiger partial charge in [0.2, 0.25) is 0 Å². The molecule has 12 nitrogen and oxygen atoms in total. The van der Waals surface area contributed by atoms with Crippen LogP contribution in [0, 0.1) is 0 Å². The summed E-state index contributed by atoms with van der Waals surface area (Å²) < 4.78 is 10.1. The van der Waals surface area contributed by atoms with Crippen molar-refractivity contribution >= 4 is 46.1 Å². The fourth-order valence-electron chi connectivity index (χ4n) is 4.64. The Labute approximate surface area is 219 Å². The minimum atomic E-state index is -0.521. The Morgan fingerprint density at radius 1 is 1.16 bits per heavy atom. The van der Waals surface area contributed by atoms with Crippen LogP contribution in [0.1, 0.15) is 47.4 Å². The van der Waals surface area contributed by atoms with Crippen LogP contribution < -0.4 is 31.4 Å². The number of rotatable bonds is 8. The summed E-state index contributed by atoms with van der Waals surface area (Å²) in [5, 5.41) is 6.05. The smallest absolute Gasteiger partial charge is 0.277 e. The molecule has 0 unspecified atom stereocenters. The molecule has 3 aromatic rings. The molecule has 13 heteroatoms. The van der Waals surface area contributed by atoms with Gasteiger partial charge in [0.25, 0.3) is 17.6 Å². The Kier molecular flexibility index (Phi) is 7.98. The van der Waals surface area contributed by atoms with Crippen LogP contribution in [-0.2, 0) is 19.6 Å². The molecule has 6 N–H and O–H groups in total. The van der Waals surface area contributed by atoms with Gasteiger partial charge in [-0.05, 0) is 20.8 Å². The number of nitrogen functional groups attached to an aromatic ring is 2. The summed E-state index contributed by atoms with van der Waals surface area (Å²) in [5.41, 5.74) is 13.7. The molecule has 2 aromatic heterocycles. The van der Waals surface area contributed by atoms with Crippen LogP contribution in [0.3, 0.4) is 0 Å². The molecule has 0 radical (unpaired) electrons. The molecule has 1 fully saturated rings. The van der Waals surface area contributed by atoms with Gasteiger partial charge in [-0.15, -0.1) is 0 Å². The number of carbonyl (C=O) groups is 2. The summed E-state index contributed by atoms with van der Waals surface area (Å²) in [4.78, 5) is 36.1. The quantitative estimate of drug-likeness (QED) is 0.313. The Hall–Kier alpha value is -3.64. The van der Waals surface area contributed by atoms with Crippen molar-refractivity contribution in [1.82, 2.24) is 30.1 Å². The maximum atomic E-state index is 13.5. The van der Waals surface area contributed by atoms with E-state index in [1.54, 1.807) is 0 Å². The Balaban J connectivity index is 1.73. The van der Waals surface area contributed by atoms with E-state index >= 15 is 0 Å². The third kappa shape index (κ3) is 5.12. The summed E-state index contributed by atoms with van der Waals surface area (Å²) in [7, 11) is 0. The molecule has 1 aromatic carbocycles. The molecule has 1 aliphatic rings. The lowest BCUT2D eigenvalue weighted by atomic mass is 10.1. The fourth-order valence-corrected chi connectivity index (χ4v) is 4.77. The molecular weight excluding hydrogens is 498 g/mol. The lowest BCUT2D eigenvalue weighted by molar-refractivity contribution is -0.676. The van der Waals surface area contributed by atoms with E-state index in [1.165, 1.54) is 0 Å². The SMILES string of the molecule is CCOc1cc2c(cc1C(=O)N1CCNCC1)[n+](CC)c(CNC(=O)c1nc(Cl)c(N)nc1N)n2CC. The number of carbonyl (C=O) groups excluding carboxylic acids is 2. The maximum Gasteiger partial charge on any atom is 0.277 e. The summed E-state index contributed by atoms with van der Waals surface area (Å²) >= 11 is 5.94. The van der Waals surface area contributed by atoms with Crippen molar-refractivity contribution in [2.75, 3.05) is 44.3 Å². The molecule has 37 heavy (non-hydrogen) atoms. The third-order valence-electron chi connectivity index (χ3n) is 6.38. The summed E-state index contributed by atoms with van der Waals surface area (Å²) in [6, 6.07) is 3.81. The average molecular weight is 531 g/mol. The average Bonchev–Trinajstić information content (AvgIpc) is 3.20. The third-order valence-corrected chi connectivity index (χ3v) is 6.65. The Bertz CT molecular complexity index is 1340. The lowest BCUT2D eigenvalue weighted by Crippen LogP contribution is -2.46. The van der Waals surface area contributed by atoms with Crippen LogP contribution in [0.5, 0.6) is 5.75 Å². The summed E-state index contributed by atoms with van der Waals surface area (Å²) in [5.74, 6) is 0.674. The molecule has 0 saturated carbocycles. The van der Waals surface area contributed by atoms with E-state index in [0.717, 1.165) is 29.9 Å². The number of benzene rings is 1. The first-order chi connectivity index (χ1) is 17.8. The predicted octanol–water partition coefficient (Wildman–Crippen LogP) is 0.951. The monoisotopic (exact) mass is 530 g/mol. The van der Waals surface area contributed by atoms with Crippen LogP contribution in [0.15, 0.2) is 12.1 Å². The highest BCUT2D eigenvalue weighted by Gasteiger charge is 2.29. The fraction of sp³-hybridized carbons (Fsp3) is 0.458. The first-order valence-corrected chi connectivity index (χ1v) is 12.8. The maximum absolute atomic E-state index is 13.5. The van der Waals surface area contributed by atoms with Crippen molar-refractivity contribution in [2.45, 2.75) is 40.4 Å². The topological polar surface area (TPSA) is 157 Å². The number of hydrogen-bond acceptors (Lipinski definition) is 8. The van der Waals surface area contributed by atoms with Crippen LogP contribution in [-0.4, -0.2) is 64.0 Å². The van der Waals surface area contributed by atoms with Gasteiger partial charge in [-0.25, -0.2) is 19.1 Å². The Morgan fingerprint density at radius 3 is 2.54 bits per heavy atom. The molecule has 0 atom stereocenters. The number of anilines is 2. The first-order valence-electron chi connectivity index (χ1n) is 12.4. The molecule has 0 bridgehead atoms. The molecule has 1 aliphatic heterocycles. The summed E-state index contributed by atoms with van der Waals surface area (Å²) in [6.07, 6.45) is 0. The molecule has 4 rings (SSSR count). The van der Waals surface area contributed by atoms with E-state index < -0.39 is 5.91 Å². The molecule has 3 heterocycles. The number of hydrogen-bond donors (Lipinski definition) is 4.